The van der Waals surface area contributed by atoms with Gasteiger partial charge in [-0.2, -0.15) is 0 Å². The minimum atomic E-state index is 0.217. The van der Waals surface area contributed by atoms with Gasteiger partial charge in [0, 0.05) is 37.8 Å². The maximum atomic E-state index is 5.69. The summed E-state index contributed by atoms with van der Waals surface area (Å²) >= 11 is 0. The summed E-state index contributed by atoms with van der Waals surface area (Å²) in [5.41, 5.74) is 0.605. The lowest BCUT2D eigenvalue weighted by Gasteiger charge is -2.54. The molecule has 20 heavy (non-hydrogen) atoms. The molecule has 0 bridgehead atoms. The van der Waals surface area contributed by atoms with Gasteiger partial charge in [-0.25, -0.2) is 0 Å². The van der Waals surface area contributed by atoms with Crippen LogP contribution >= 0.6 is 0 Å². The number of nitrogens with zero attached hydrogens (tertiary/aromatic N) is 1. The molecule has 0 amide bonds. The fourth-order valence-corrected chi connectivity index (χ4v) is 3.65. The van der Waals surface area contributed by atoms with E-state index in [-0.39, 0.29) is 5.54 Å². The molecule has 0 aromatic carbocycles. The van der Waals surface area contributed by atoms with Crippen LogP contribution in [0.5, 0.6) is 0 Å². The van der Waals surface area contributed by atoms with Crippen molar-refractivity contribution in [3.8, 4) is 0 Å². The first-order valence-electron chi connectivity index (χ1n) is 8.15. The van der Waals surface area contributed by atoms with Gasteiger partial charge in [0.25, 0.3) is 0 Å². The minimum absolute atomic E-state index is 0.217. The molecule has 1 aliphatic heterocycles. The van der Waals surface area contributed by atoms with Gasteiger partial charge in [-0.05, 0) is 26.7 Å². The smallest absolute Gasteiger partial charge is 0.0700 e. The standard InChI is InChI=1S/C16H32N2O2/c1-15(2)14-18(9-10-20-12-11-19-3)16(13-17-15)7-5-4-6-8-16/h17H,4-14H2,1-3H3. The van der Waals surface area contributed by atoms with E-state index in [0.29, 0.717) is 18.8 Å². The van der Waals surface area contributed by atoms with Gasteiger partial charge in [0.2, 0.25) is 0 Å². The number of rotatable bonds is 6. The zero-order valence-electron chi connectivity index (χ0n) is 13.5. The number of ether oxygens (including phenoxy) is 2. The highest BCUT2D eigenvalue weighted by Gasteiger charge is 2.44. The third-order valence-electron chi connectivity index (χ3n) is 4.87. The lowest BCUT2D eigenvalue weighted by molar-refractivity contribution is -0.0313. The van der Waals surface area contributed by atoms with Gasteiger partial charge in [0.05, 0.1) is 19.8 Å². The van der Waals surface area contributed by atoms with Gasteiger partial charge < -0.3 is 14.8 Å². The van der Waals surface area contributed by atoms with E-state index in [0.717, 1.165) is 26.2 Å². The van der Waals surface area contributed by atoms with Gasteiger partial charge in [0.15, 0.2) is 0 Å². The molecule has 4 heteroatoms. The summed E-state index contributed by atoms with van der Waals surface area (Å²) in [5, 5.41) is 3.76. The van der Waals surface area contributed by atoms with Gasteiger partial charge >= 0.3 is 0 Å². The summed E-state index contributed by atoms with van der Waals surface area (Å²) in [5.74, 6) is 0. The second-order valence-electron chi connectivity index (χ2n) is 7.05. The molecule has 1 aliphatic carbocycles. The Hall–Kier alpha value is -0.160. The van der Waals surface area contributed by atoms with Crippen molar-refractivity contribution in [3.63, 3.8) is 0 Å². The summed E-state index contributed by atoms with van der Waals surface area (Å²) in [6.07, 6.45) is 6.85. The molecule has 0 aromatic heterocycles. The Morgan fingerprint density at radius 3 is 2.50 bits per heavy atom. The number of methoxy groups -OCH3 is 1. The Bertz CT molecular complexity index is 288. The molecule has 2 rings (SSSR count). The topological polar surface area (TPSA) is 33.7 Å². The van der Waals surface area contributed by atoms with Crippen LogP contribution in [-0.2, 0) is 9.47 Å². The average Bonchev–Trinajstić information content (AvgIpc) is 2.44. The highest BCUT2D eigenvalue weighted by Crippen LogP contribution is 2.36. The monoisotopic (exact) mass is 284 g/mol. The van der Waals surface area contributed by atoms with E-state index in [1.165, 1.54) is 32.1 Å². The molecule has 1 spiro atoms. The zero-order chi connectivity index (χ0) is 14.5. The SMILES string of the molecule is COCCOCCN1CC(C)(C)NCC12CCCCC2. The number of hydrogen-bond acceptors (Lipinski definition) is 4. The predicted molar refractivity (Wildman–Crippen MR) is 82.2 cm³/mol. The lowest BCUT2D eigenvalue weighted by Crippen LogP contribution is -2.69. The van der Waals surface area contributed by atoms with Crippen LogP contribution in [-0.4, -0.2) is 62.5 Å². The van der Waals surface area contributed by atoms with Crippen molar-refractivity contribution < 1.29 is 9.47 Å². The Labute approximate surface area is 124 Å². The maximum Gasteiger partial charge on any atom is 0.0700 e. The fourth-order valence-electron chi connectivity index (χ4n) is 3.65. The zero-order valence-corrected chi connectivity index (χ0v) is 13.5. The third-order valence-corrected chi connectivity index (χ3v) is 4.87. The normalized spacial score (nSPS) is 25.9. The first kappa shape index (κ1) is 16.2. The Morgan fingerprint density at radius 2 is 1.80 bits per heavy atom. The summed E-state index contributed by atoms with van der Waals surface area (Å²) < 4.78 is 10.7. The number of piperazine rings is 1. The lowest BCUT2D eigenvalue weighted by atomic mass is 9.77. The van der Waals surface area contributed by atoms with Crippen molar-refractivity contribution in [2.24, 2.45) is 0 Å². The number of hydrogen-bond donors (Lipinski definition) is 1. The van der Waals surface area contributed by atoms with E-state index in [1.54, 1.807) is 7.11 Å². The number of nitrogens with one attached hydrogen (secondary N) is 1. The van der Waals surface area contributed by atoms with Gasteiger partial charge in [-0.15, -0.1) is 0 Å². The molecule has 4 nitrogen and oxygen atoms in total. The van der Waals surface area contributed by atoms with Gasteiger partial charge in [-0.3, -0.25) is 4.90 Å². The molecule has 0 aromatic rings. The summed E-state index contributed by atoms with van der Waals surface area (Å²) in [4.78, 5) is 2.70. The summed E-state index contributed by atoms with van der Waals surface area (Å²) in [6.45, 7) is 10.1. The van der Waals surface area contributed by atoms with Crippen molar-refractivity contribution in [3.05, 3.63) is 0 Å². The van der Waals surface area contributed by atoms with E-state index in [9.17, 15) is 0 Å². The van der Waals surface area contributed by atoms with E-state index in [4.69, 9.17) is 9.47 Å². The van der Waals surface area contributed by atoms with Crippen molar-refractivity contribution in [2.75, 3.05) is 46.6 Å². The van der Waals surface area contributed by atoms with Crippen LogP contribution in [0.1, 0.15) is 46.0 Å². The highest BCUT2D eigenvalue weighted by molar-refractivity contribution is 5.03. The van der Waals surface area contributed by atoms with Crippen molar-refractivity contribution >= 4 is 0 Å². The summed E-state index contributed by atoms with van der Waals surface area (Å²) in [6, 6.07) is 0. The fraction of sp³-hybridized carbons (Fsp3) is 1.00. The summed E-state index contributed by atoms with van der Waals surface area (Å²) in [7, 11) is 1.72. The van der Waals surface area contributed by atoms with Crippen molar-refractivity contribution in [2.45, 2.75) is 57.0 Å². The molecule has 1 saturated carbocycles. The van der Waals surface area contributed by atoms with Crippen molar-refractivity contribution in [1.29, 1.82) is 0 Å². The Kier molecular flexibility index (Phi) is 5.84. The van der Waals surface area contributed by atoms with E-state index >= 15 is 0 Å². The van der Waals surface area contributed by atoms with Gasteiger partial charge in [-0.1, -0.05) is 19.3 Å². The molecular weight excluding hydrogens is 252 g/mol. The third kappa shape index (κ3) is 4.17. The van der Waals surface area contributed by atoms with Crippen LogP contribution in [0.3, 0.4) is 0 Å². The molecule has 1 N–H and O–H groups in total. The largest absolute Gasteiger partial charge is 0.382 e. The second-order valence-corrected chi connectivity index (χ2v) is 7.05. The second kappa shape index (κ2) is 7.21. The van der Waals surface area contributed by atoms with Crippen LogP contribution in [0.15, 0.2) is 0 Å². The molecule has 2 fully saturated rings. The van der Waals surface area contributed by atoms with E-state index < -0.39 is 0 Å². The molecule has 0 atom stereocenters. The molecule has 1 heterocycles. The highest BCUT2D eigenvalue weighted by atomic mass is 16.5. The molecule has 118 valence electrons. The minimum Gasteiger partial charge on any atom is -0.382 e. The van der Waals surface area contributed by atoms with E-state index in [2.05, 4.69) is 24.1 Å². The van der Waals surface area contributed by atoms with Crippen molar-refractivity contribution in [1.82, 2.24) is 10.2 Å². The molecule has 2 aliphatic rings. The first-order chi connectivity index (χ1) is 9.58. The average molecular weight is 284 g/mol. The van der Waals surface area contributed by atoms with E-state index in [1.807, 2.05) is 0 Å². The van der Waals surface area contributed by atoms with Crippen LogP contribution in [0, 0.1) is 0 Å². The van der Waals surface area contributed by atoms with Crippen LogP contribution in [0.4, 0.5) is 0 Å². The maximum absolute atomic E-state index is 5.69. The van der Waals surface area contributed by atoms with Crippen LogP contribution in [0.25, 0.3) is 0 Å². The molecule has 1 saturated heterocycles. The van der Waals surface area contributed by atoms with Crippen LogP contribution in [0.2, 0.25) is 0 Å². The van der Waals surface area contributed by atoms with Gasteiger partial charge in [0.1, 0.15) is 0 Å². The Morgan fingerprint density at radius 1 is 1.05 bits per heavy atom. The quantitative estimate of drug-likeness (QED) is 0.757. The Balaban J connectivity index is 1.88. The molecule has 0 radical (unpaired) electrons. The first-order valence-corrected chi connectivity index (χ1v) is 8.15. The van der Waals surface area contributed by atoms with Crippen LogP contribution < -0.4 is 5.32 Å². The molecular formula is C16H32N2O2. The predicted octanol–water partition coefficient (Wildman–Crippen LogP) is 2.04. The molecule has 0 unspecified atom stereocenters.